The minimum atomic E-state index is 0.0332. The third-order valence-electron chi connectivity index (χ3n) is 5.53. The van der Waals surface area contributed by atoms with E-state index in [1.165, 1.54) is 22.2 Å². The zero-order valence-corrected chi connectivity index (χ0v) is 16.4. The van der Waals surface area contributed by atoms with Crippen LogP contribution in [0.2, 0.25) is 0 Å². The average Bonchev–Trinajstić information content (AvgIpc) is 2.79. The predicted octanol–water partition coefficient (Wildman–Crippen LogP) is 3.89. The first-order valence-corrected chi connectivity index (χ1v) is 9.72. The maximum atomic E-state index is 12.9. The first-order chi connectivity index (χ1) is 13.0. The summed E-state index contributed by atoms with van der Waals surface area (Å²) in [6.07, 6.45) is 1.97. The second kappa shape index (κ2) is 7.20. The third-order valence-corrected chi connectivity index (χ3v) is 5.53. The molecule has 0 spiro atoms. The Kier molecular flexibility index (Phi) is 4.75. The number of fused-ring (bicyclic) bond motifs is 3. The molecule has 1 aliphatic heterocycles. The van der Waals surface area contributed by atoms with E-state index in [9.17, 15) is 4.79 Å². The lowest BCUT2D eigenvalue weighted by atomic mass is 10.1. The van der Waals surface area contributed by atoms with Gasteiger partial charge in [-0.1, -0.05) is 35.9 Å². The standard InChI is InChI=1S/C23H27N3O/c1-15-12-16(2)23(17(3)13-15)25-22(27)14-26-20-7-5-4-6-18(20)19-8-10-24-11-9-21(19)26/h4-7,12-13,24H,8-11,14H2,1-3H3,(H,25,27). The normalized spacial score (nSPS) is 14.0. The van der Waals surface area contributed by atoms with Gasteiger partial charge in [0, 0.05) is 35.2 Å². The van der Waals surface area contributed by atoms with Crippen LogP contribution in [-0.4, -0.2) is 23.6 Å². The molecule has 0 fully saturated rings. The van der Waals surface area contributed by atoms with Crippen LogP contribution in [0.4, 0.5) is 5.69 Å². The first kappa shape index (κ1) is 17.8. The van der Waals surface area contributed by atoms with E-state index < -0.39 is 0 Å². The highest BCUT2D eigenvalue weighted by Gasteiger charge is 2.20. The lowest BCUT2D eigenvalue weighted by molar-refractivity contribution is -0.116. The maximum absolute atomic E-state index is 12.9. The maximum Gasteiger partial charge on any atom is 0.244 e. The van der Waals surface area contributed by atoms with Gasteiger partial charge in [-0.15, -0.1) is 0 Å². The summed E-state index contributed by atoms with van der Waals surface area (Å²) in [6, 6.07) is 12.7. The molecule has 0 unspecified atom stereocenters. The highest BCUT2D eigenvalue weighted by atomic mass is 16.1. The average molecular weight is 361 g/mol. The monoisotopic (exact) mass is 361 g/mol. The van der Waals surface area contributed by atoms with E-state index in [2.05, 4.69) is 72.4 Å². The number of para-hydroxylation sites is 1. The van der Waals surface area contributed by atoms with Crippen LogP contribution in [0.3, 0.4) is 0 Å². The van der Waals surface area contributed by atoms with Crippen molar-refractivity contribution in [1.29, 1.82) is 0 Å². The molecule has 2 heterocycles. The minimum Gasteiger partial charge on any atom is -0.335 e. The largest absolute Gasteiger partial charge is 0.335 e. The number of nitrogens with one attached hydrogen (secondary N) is 2. The van der Waals surface area contributed by atoms with Crippen LogP contribution in [0, 0.1) is 20.8 Å². The zero-order valence-electron chi connectivity index (χ0n) is 16.4. The topological polar surface area (TPSA) is 46.1 Å². The Labute approximate surface area is 160 Å². The van der Waals surface area contributed by atoms with Gasteiger partial charge < -0.3 is 15.2 Å². The fraction of sp³-hybridized carbons (Fsp3) is 0.348. The molecular formula is C23H27N3O. The van der Waals surface area contributed by atoms with Gasteiger partial charge in [-0.25, -0.2) is 0 Å². The third kappa shape index (κ3) is 3.37. The van der Waals surface area contributed by atoms with Crippen molar-refractivity contribution in [2.24, 2.45) is 0 Å². The molecular weight excluding hydrogens is 334 g/mol. The molecule has 140 valence electrons. The Bertz CT molecular complexity index is 993. The number of carbonyl (C=O) groups excluding carboxylic acids is 1. The van der Waals surface area contributed by atoms with E-state index in [4.69, 9.17) is 0 Å². The van der Waals surface area contributed by atoms with Crippen LogP contribution in [0.5, 0.6) is 0 Å². The zero-order chi connectivity index (χ0) is 19.0. The van der Waals surface area contributed by atoms with Crippen molar-refractivity contribution in [3.05, 3.63) is 64.3 Å². The van der Waals surface area contributed by atoms with Gasteiger partial charge in [0.25, 0.3) is 0 Å². The van der Waals surface area contributed by atoms with Crippen LogP contribution >= 0.6 is 0 Å². The number of aryl methyl sites for hydroxylation is 3. The van der Waals surface area contributed by atoms with E-state index in [0.717, 1.165) is 48.3 Å². The molecule has 0 saturated carbocycles. The molecule has 2 N–H and O–H groups in total. The van der Waals surface area contributed by atoms with Crippen molar-refractivity contribution in [2.75, 3.05) is 18.4 Å². The molecule has 1 aliphatic rings. The number of aromatic nitrogens is 1. The van der Waals surface area contributed by atoms with Gasteiger partial charge in [-0.05, 0) is 56.5 Å². The molecule has 4 rings (SSSR count). The highest BCUT2D eigenvalue weighted by molar-refractivity contribution is 5.94. The summed E-state index contributed by atoms with van der Waals surface area (Å²) in [6.45, 7) is 8.50. The number of carbonyl (C=O) groups is 1. The van der Waals surface area contributed by atoms with Gasteiger partial charge in [-0.3, -0.25) is 4.79 Å². The Morgan fingerprint density at radius 1 is 1.07 bits per heavy atom. The number of amides is 1. The quantitative estimate of drug-likeness (QED) is 0.743. The van der Waals surface area contributed by atoms with E-state index in [1.54, 1.807) is 0 Å². The van der Waals surface area contributed by atoms with Gasteiger partial charge in [0.15, 0.2) is 0 Å². The van der Waals surface area contributed by atoms with Crippen molar-refractivity contribution in [3.63, 3.8) is 0 Å². The van der Waals surface area contributed by atoms with E-state index in [0.29, 0.717) is 6.54 Å². The Hall–Kier alpha value is -2.59. The van der Waals surface area contributed by atoms with Gasteiger partial charge in [0.1, 0.15) is 6.54 Å². The van der Waals surface area contributed by atoms with E-state index >= 15 is 0 Å². The van der Waals surface area contributed by atoms with Gasteiger partial charge in [0.05, 0.1) is 0 Å². The summed E-state index contributed by atoms with van der Waals surface area (Å²) in [5.41, 5.74) is 8.24. The van der Waals surface area contributed by atoms with Gasteiger partial charge in [0.2, 0.25) is 5.91 Å². The second-order valence-electron chi connectivity index (χ2n) is 7.60. The number of hydrogen-bond donors (Lipinski definition) is 2. The fourth-order valence-electron chi connectivity index (χ4n) is 4.42. The molecule has 1 amide bonds. The molecule has 4 nitrogen and oxygen atoms in total. The van der Waals surface area contributed by atoms with Crippen molar-refractivity contribution >= 4 is 22.5 Å². The summed E-state index contributed by atoms with van der Waals surface area (Å²) in [4.78, 5) is 12.9. The van der Waals surface area contributed by atoms with Crippen molar-refractivity contribution in [2.45, 2.75) is 40.2 Å². The molecule has 3 aromatic rings. The number of hydrogen-bond acceptors (Lipinski definition) is 2. The fourth-order valence-corrected chi connectivity index (χ4v) is 4.42. The molecule has 0 aliphatic carbocycles. The van der Waals surface area contributed by atoms with Gasteiger partial charge >= 0.3 is 0 Å². The molecule has 4 heteroatoms. The Morgan fingerprint density at radius 2 is 1.78 bits per heavy atom. The van der Waals surface area contributed by atoms with Crippen LogP contribution in [0.1, 0.15) is 27.9 Å². The SMILES string of the molecule is Cc1cc(C)c(NC(=O)Cn2c3c(c4ccccc42)CCNCC3)c(C)c1. The summed E-state index contributed by atoms with van der Waals surface area (Å²) in [5.74, 6) is 0.0332. The lowest BCUT2D eigenvalue weighted by Gasteiger charge is -2.15. The molecule has 0 bridgehead atoms. The summed E-state index contributed by atoms with van der Waals surface area (Å²) in [7, 11) is 0. The first-order valence-electron chi connectivity index (χ1n) is 9.72. The number of rotatable bonds is 3. The Morgan fingerprint density at radius 3 is 2.56 bits per heavy atom. The van der Waals surface area contributed by atoms with Crippen molar-refractivity contribution in [1.82, 2.24) is 9.88 Å². The van der Waals surface area contributed by atoms with Crippen molar-refractivity contribution < 1.29 is 4.79 Å². The molecule has 2 aromatic carbocycles. The highest BCUT2D eigenvalue weighted by Crippen LogP contribution is 2.28. The van der Waals surface area contributed by atoms with Crippen LogP contribution < -0.4 is 10.6 Å². The number of anilines is 1. The van der Waals surface area contributed by atoms with Crippen LogP contribution in [0.25, 0.3) is 10.9 Å². The smallest absolute Gasteiger partial charge is 0.244 e. The number of nitrogens with zero attached hydrogens (tertiary/aromatic N) is 1. The molecule has 0 radical (unpaired) electrons. The molecule has 0 atom stereocenters. The lowest BCUT2D eigenvalue weighted by Crippen LogP contribution is -2.22. The van der Waals surface area contributed by atoms with Crippen LogP contribution in [0.15, 0.2) is 36.4 Å². The van der Waals surface area contributed by atoms with Crippen LogP contribution in [-0.2, 0) is 24.2 Å². The van der Waals surface area contributed by atoms with Crippen molar-refractivity contribution in [3.8, 4) is 0 Å². The molecule has 1 aromatic heterocycles. The molecule has 0 saturated heterocycles. The number of benzene rings is 2. The Balaban J connectivity index is 1.68. The predicted molar refractivity (Wildman–Crippen MR) is 111 cm³/mol. The summed E-state index contributed by atoms with van der Waals surface area (Å²) < 4.78 is 2.21. The second-order valence-corrected chi connectivity index (χ2v) is 7.60. The molecule has 27 heavy (non-hydrogen) atoms. The van der Waals surface area contributed by atoms with Gasteiger partial charge in [-0.2, -0.15) is 0 Å². The summed E-state index contributed by atoms with van der Waals surface area (Å²) >= 11 is 0. The minimum absolute atomic E-state index is 0.0332. The summed E-state index contributed by atoms with van der Waals surface area (Å²) in [5, 5.41) is 7.91. The van der Waals surface area contributed by atoms with E-state index in [-0.39, 0.29) is 5.91 Å². The van der Waals surface area contributed by atoms with E-state index in [1.807, 2.05) is 0 Å².